The van der Waals surface area contributed by atoms with Gasteiger partial charge in [-0.15, -0.1) is 0 Å². The third-order valence-electron chi connectivity index (χ3n) is 5.30. The van der Waals surface area contributed by atoms with E-state index in [4.69, 9.17) is 0 Å². The van der Waals surface area contributed by atoms with E-state index in [1.807, 2.05) is 4.90 Å². The van der Waals surface area contributed by atoms with Gasteiger partial charge in [0.1, 0.15) is 0 Å². The Hall–Kier alpha value is -2.32. The van der Waals surface area contributed by atoms with E-state index in [9.17, 15) is 24.8 Å². The van der Waals surface area contributed by atoms with Crippen LogP contribution in [0.5, 0.6) is 0 Å². The van der Waals surface area contributed by atoms with Crippen molar-refractivity contribution in [2.24, 2.45) is 0 Å². The summed E-state index contributed by atoms with van der Waals surface area (Å²) in [6.07, 6.45) is 3.55. The molecule has 2 heterocycles. The van der Waals surface area contributed by atoms with Gasteiger partial charge < -0.3 is 5.11 Å². The molecule has 2 aliphatic heterocycles. The normalized spacial score (nSPS) is 24.3. The smallest absolute Gasteiger partial charge is 0.271 e. The van der Waals surface area contributed by atoms with Crippen molar-refractivity contribution in [1.29, 1.82) is 0 Å². The lowest BCUT2D eigenvalue weighted by molar-refractivity contribution is -0.384. The molecule has 0 spiro atoms. The Morgan fingerprint density at radius 1 is 1.31 bits per heavy atom. The van der Waals surface area contributed by atoms with Gasteiger partial charge in [-0.1, -0.05) is 12.5 Å². The fraction of sp³-hybridized carbons (Fsp3) is 0.556. The molecule has 8 nitrogen and oxygen atoms in total. The van der Waals surface area contributed by atoms with Crippen LogP contribution in [0.3, 0.4) is 0 Å². The Bertz CT molecular complexity index is 734. The first-order valence-corrected chi connectivity index (χ1v) is 8.92. The molecule has 26 heavy (non-hydrogen) atoms. The van der Waals surface area contributed by atoms with Gasteiger partial charge in [-0.2, -0.15) is 0 Å². The van der Waals surface area contributed by atoms with Gasteiger partial charge in [-0.25, -0.2) is 4.90 Å². The largest absolute Gasteiger partial charge is 0.396 e. The molecule has 0 aromatic heterocycles. The number of hydrogen-bond donors (Lipinski definition) is 1. The quantitative estimate of drug-likeness (QED) is 0.487. The Balaban J connectivity index is 1.90. The van der Waals surface area contributed by atoms with E-state index in [0.717, 1.165) is 30.7 Å². The molecule has 2 atom stereocenters. The zero-order chi connectivity index (χ0) is 18.8. The molecule has 3 rings (SSSR count). The van der Waals surface area contributed by atoms with Crippen molar-refractivity contribution in [3.05, 3.63) is 33.9 Å². The van der Waals surface area contributed by atoms with Crippen LogP contribution in [0.15, 0.2) is 18.2 Å². The van der Waals surface area contributed by atoms with Crippen LogP contribution < -0.4 is 4.90 Å². The third kappa shape index (κ3) is 3.34. The predicted molar refractivity (Wildman–Crippen MR) is 94.8 cm³/mol. The maximum Gasteiger partial charge on any atom is 0.271 e. The van der Waals surface area contributed by atoms with E-state index in [2.05, 4.69) is 0 Å². The SMILES string of the molecule is Cc1ccc([N+](=O)[O-])cc1N1C(=O)C[C@@H](N2CCCC[C@@H]2CCO)C1=O. The number of piperidine rings is 1. The molecule has 8 heteroatoms. The Kier molecular flexibility index (Phi) is 5.33. The van der Waals surface area contributed by atoms with Gasteiger partial charge in [0.2, 0.25) is 5.91 Å². The van der Waals surface area contributed by atoms with Crippen LogP contribution in [0.2, 0.25) is 0 Å². The van der Waals surface area contributed by atoms with Gasteiger partial charge in [-0.05, 0) is 38.3 Å². The Labute approximate surface area is 151 Å². The number of hydrogen-bond acceptors (Lipinski definition) is 6. The van der Waals surface area contributed by atoms with Gasteiger partial charge in [-0.3, -0.25) is 24.6 Å². The number of anilines is 1. The van der Waals surface area contributed by atoms with Crippen LogP contribution in [0.1, 0.15) is 37.7 Å². The van der Waals surface area contributed by atoms with E-state index >= 15 is 0 Å². The highest BCUT2D eigenvalue weighted by Crippen LogP contribution is 2.33. The number of imide groups is 1. The van der Waals surface area contributed by atoms with Crippen LogP contribution in [-0.2, 0) is 9.59 Å². The molecule has 2 amide bonds. The number of amides is 2. The standard InChI is InChI=1S/C18H23N3O5/c1-12-5-6-14(21(25)26)10-15(12)20-17(23)11-16(18(20)24)19-8-3-2-4-13(19)7-9-22/h5-6,10,13,16,22H,2-4,7-9,11H2,1H3/t13-,16-/m1/s1. The van der Waals surface area contributed by atoms with Crippen molar-refractivity contribution in [2.75, 3.05) is 18.1 Å². The summed E-state index contributed by atoms with van der Waals surface area (Å²) in [4.78, 5) is 39.3. The number of aliphatic hydroxyl groups excluding tert-OH is 1. The molecule has 0 unspecified atom stereocenters. The number of carbonyl (C=O) groups excluding carboxylic acids is 2. The first-order valence-electron chi connectivity index (χ1n) is 8.92. The summed E-state index contributed by atoms with van der Waals surface area (Å²) in [7, 11) is 0. The van der Waals surface area contributed by atoms with E-state index in [1.54, 1.807) is 13.0 Å². The highest BCUT2D eigenvalue weighted by molar-refractivity contribution is 6.22. The van der Waals surface area contributed by atoms with Gasteiger partial charge in [0, 0.05) is 24.8 Å². The average molecular weight is 361 g/mol. The molecule has 2 aliphatic rings. The molecular formula is C18H23N3O5. The fourth-order valence-electron chi connectivity index (χ4n) is 3.97. The molecule has 2 fully saturated rings. The van der Waals surface area contributed by atoms with Crippen LogP contribution in [0, 0.1) is 17.0 Å². The number of aliphatic hydroxyl groups is 1. The number of nitro benzene ring substituents is 1. The maximum absolute atomic E-state index is 13.0. The van der Waals surface area contributed by atoms with Crippen LogP contribution in [0.4, 0.5) is 11.4 Å². The third-order valence-corrected chi connectivity index (χ3v) is 5.30. The molecule has 1 N–H and O–H groups in total. The fourth-order valence-corrected chi connectivity index (χ4v) is 3.97. The van der Waals surface area contributed by atoms with Gasteiger partial charge >= 0.3 is 0 Å². The second-order valence-corrected chi connectivity index (χ2v) is 6.91. The number of non-ortho nitro benzene ring substituents is 1. The summed E-state index contributed by atoms with van der Waals surface area (Å²) in [5.41, 5.74) is 0.779. The van der Waals surface area contributed by atoms with Gasteiger partial charge in [0.05, 0.1) is 23.1 Å². The molecule has 140 valence electrons. The lowest BCUT2D eigenvalue weighted by Crippen LogP contribution is -2.50. The molecule has 2 saturated heterocycles. The van der Waals surface area contributed by atoms with E-state index in [0.29, 0.717) is 12.0 Å². The van der Waals surface area contributed by atoms with Gasteiger partial charge in [0.25, 0.3) is 11.6 Å². The van der Waals surface area contributed by atoms with Crippen molar-refractivity contribution in [1.82, 2.24) is 4.90 Å². The van der Waals surface area contributed by atoms with Crippen LogP contribution in [0.25, 0.3) is 0 Å². The monoisotopic (exact) mass is 361 g/mol. The minimum absolute atomic E-state index is 0.0454. The van der Waals surface area contributed by atoms with Crippen molar-refractivity contribution in [2.45, 2.75) is 51.1 Å². The van der Waals surface area contributed by atoms with Crippen LogP contribution >= 0.6 is 0 Å². The summed E-state index contributed by atoms with van der Waals surface area (Å²) < 4.78 is 0. The maximum atomic E-state index is 13.0. The average Bonchev–Trinajstić information content (AvgIpc) is 2.90. The number of aryl methyl sites for hydroxylation is 1. The number of likely N-dealkylation sites (tertiary alicyclic amines) is 1. The van der Waals surface area contributed by atoms with E-state index in [-0.39, 0.29) is 42.3 Å². The molecular weight excluding hydrogens is 338 g/mol. The molecule has 0 bridgehead atoms. The van der Waals surface area contributed by atoms with Crippen molar-refractivity contribution in [3.63, 3.8) is 0 Å². The summed E-state index contributed by atoms with van der Waals surface area (Å²) in [5.74, 6) is -0.666. The number of rotatable bonds is 5. The zero-order valence-electron chi connectivity index (χ0n) is 14.8. The Morgan fingerprint density at radius 3 is 2.77 bits per heavy atom. The number of carbonyl (C=O) groups is 2. The molecule has 0 saturated carbocycles. The highest BCUT2D eigenvalue weighted by atomic mass is 16.6. The van der Waals surface area contributed by atoms with Crippen molar-refractivity contribution >= 4 is 23.2 Å². The minimum atomic E-state index is -0.557. The molecule has 0 aliphatic carbocycles. The minimum Gasteiger partial charge on any atom is -0.396 e. The predicted octanol–water partition coefficient (Wildman–Crippen LogP) is 1.77. The molecule has 0 radical (unpaired) electrons. The summed E-state index contributed by atoms with van der Waals surface area (Å²) in [6.45, 7) is 2.49. The second-order valence-electron chi connectivity index (χ2n) is 6.91. The van der Waals surface area contributed by atoms with E-state index in [1.165, 1.54) is 12.1 Å². The lowest BCUT2D eigenvalue weighted by Gasteiger charge is -2.38. The molecule has 1 aromatic carbocycles. The number of benzene rings is 1. The highest BCUT2D eigenvalue weighted by Gasteiger charge is 2.45. The van der Waals surface area contributed by atoms with Crippen molar-refractivity contribution in [3.8, 4) is 0 Å². The lowest BCUT2D eigenvalue weighted by atomic mass is 9.97. The Morgan fingerprint density at radius 2 is 2.08 bits per heavy atom. The first-order chi connectivity index (χ1) is 12.4. The molecule has 1 aromatic rings. The zero-order valence-corrected chi connectivity index (χ0v) is 14.8. The summed E-state index contributed by atoms with van der Waals surface area (Å²) >= 11 is 0. The van der Waals surface area contributed by atoms with Crippen LogP contribution in [-0.4, -0.2) is 52.0 Å². The van der Waals surface area contributed by atoms with Crippen molar-refractivity contribution < 1.29 is 19.6 Å². The summed E-state index contributed by atoms with van der Waals surface area (Å²) in [5, 5.41) is 20.3. The number of nitrogens with zero attached hydrogens (tertiary/aromatic N) is 3. The first kappa shape index (κ1) is 18.5. The number of nitro groups is 1. The topological polar surface area (TPSA) is 104 Å². The van der Waals surface area contributed by atoms with E-state index < -0.39 is 11.0 Å². The second kappa shape index (κ2) is 7.51. The summed E-state index contributed by atoms with van der Waals surface area (Å²) in [6, 6.07) is 3.73. The van der Waals surface area contributed by atoms with Gasteiger partial charge in [0.15, 0.2) is 0 Å².